The highest BCUT2D eigenvalue weighted by molar-refractivity contribution is 7.89. The molecule has 0 amide bonds. The molecule has 2 aromatic carbocycles. The van der Waals surface area contributed by atoms with Crippen molar-refractivity contribution in [1.82, 2.24) is 9.62 Å². The Hall–Kier alpha value is -2.20. The number of rotatable bonds is 7. The van der Waals surface area contributed by atoms with Crippen LogP contribution in [0.15, 0.2) is 53.4 Å². The third-order valence-corrected chi connectivity index (χ3v) is 8.20. The van der Waals surface area contributed by atoms with E-state index in [0.717, 1.165) is 43.7 Å². The van der Waals surface area contributed by atoms with E-state index in [9.17, 15) is 8.42 Å². The molecule has 2 heterocycles. The van der Waals surface area contributed by atoms with Gasteiger partial charge in [-0.25, -0.2) is 8.42 Å². The minimum Gasteiger partial charge on any atom is -0.379 e. The largest absolute Gasteiger partial charge is 0.379 e. The molecule has 2 N–H and O–H groups in total. The second kappa shape index (κ2) is 11.3. The van der Waals surface area contributed by atoms with Crippen LogP contribution in [0.5, 0.6) is 0 Å². The summed E-state index contributed by atoms with van der Waals surface area (Å²) in [6.45, 7) is 4.20. The molecule has 2 fully saturated rings. The zero-order chi connectivity index (χ0) is 23.1. The summed E-state index contributed by atoms with van der Waals surface area (Å²) in [5.74, 6) is 0. The van der Waals surface area contributed by atoms with Gasteiger partial charge in [-0.2, -0.15) is 4.31 Å². The van der Waals surface area contributed by atoms with E-state index in [1.54, 1.807) is 12.1 Å². The number of thiocarbonyl (C=S) groups is 1. The van der Waals surface area contributed by atoms with Crippen LogP contribution in [0.3, 0.4) is 0 Å². The Kier molecular flexibility index (Phi) is 8.19. The lowest BCUT2D eigenvalue weighted by atomic mass is 10.1. The van der Waals surface area contributed by atoms with Gasteiger partial charge < -0.3 is 20.3 Å². The monoisotopic (exact) mass is 488 g/mol. The number of ether oxygens (including phenoxy) is 1. The summed E-state index contributed by atoms with van der Waals surface area (Å²) in [7, 11) is -3.59. The SMILES string of the molecule is O=S(=O)(c1ccc(N2CCCCC2)c(NC(=S)NCCc2ccccc2)c1)N1CCOCC1. The molecule has 33 heavy (non-hydrogen) atoms. The Morgan fingerprint density at radius 3 is 2.42 bits per heavy atom. The van der Waals surface area contributed by atoms with Crippen molar-refractivity contribution in [1.29, 1.82) is 0 Å². The summed E-state index contributed by atoms with van der Waals surface area (Å²) >= 11 is 5.56. The predicted octanol–water partition coefficient (Wildman–Crippen LogP) is 3.23. The average Bonchev–Trinajstić information content (AvgIpc) is 2.86. The fraction of sp³-hybridized carbons (Fsp3) is 0.458. The van der Waals surface area contributed by atoms with Crippen molar-refractivity contribution in [3.05, 3.63) is 54.1 Å². The van der Waals surface area contributed by atoms with Gasteiger partial charge in [0.2, 0.25) is 10.0 Å². The average molecular weight is 489 g/mol. The van der Waals surface area contributed by atoms with E-state index in [1.807, 2.05) is 24.3 Å². The number of nitrogens with zero attached hydrogens (tertiary/aromatic N) is 2. The second-order valence-corrected chi connectivity index (χ2v) is 10.7. The Labute approximate surface area is 202 Å². The maximum Gasteiger partial charge on any atom is 0.243 e. The van der Waals surface area contributed by atoms with Crippen molar-refractivity contribution in [2.24, 2.45) is 0 Å². The number of nitrogens with one attached hydrogen (secondary N) is 2. The van der Waals surface area contributed by atoms with Crippen molar-refractivity contribution in [3.63, 3.8) is 0 Å². The lowest BCUT2D eigenvalue weighted by molar-refractivity contribution is 0.0730. The predicted molar refractivity (Wildman–Crippen MR) is 136 cm³/mol. The van der Waals surface area contributed by atoms with E-state index in [4.69, 9.17) is 17.0 Å². The molecule has 4 rings (SSSR count). The molecule has 0 bridgehead atoms. The summed E-state index contributed by atoms with van der Waals surface area (Å²) in [6.07, 6.45) is 4.34. The summed E-state index contributed by atoms with van der Waals surface area (Å²) in [4.78, 5) is 2.59. The third-order valence-electron chi connectivity index (χ3n) is 6.06. The van der Waals surface area contributed by atoms with Crippen molar-refractivity contribution in [3.8, 4) is 0 Å². The van der Waals surface area contributed by atoms with Crippen LogP contribution in [-0.2, 0) is 21.2 Å². The number of morpholine rings is 1. The van der Waals surface area contributed by atoms with Crippen LogP contribution in [0, 0.1) is 0 Å². The standard InChI is InChI=1S/C24H32N4O3S2/c29-33(30,28-15-17-31-18-16-28)21-9-10-23(27-13-5-2-6-14-27)22(19-21)26-24(32)25-12-11-20-7-3-1-4-8-20/h1,3-4,7-10,19H,2,5-6,11-18H2,(H2,25,26,32). The van der Waals surface area contributed by atoms with Gasteiger partial charge in [0.25, 0.3) is 0 Å². The van der Waals surface area contributed by atoms with Gasteiger partial charge in [-0.1, -0.05) is 30.3 Å². The number of anilines is 2. The van der Waals surface area contributed by atoms with Gasteiger partial charge in [-0.05, 0) is 61.7 Å². The molecule has 0 unspecified atom stereocenters. The lowest BCUT2D eigenvalue weighted by Gasteiger charge is -2.31. The maximum atomic E-state index is 13.2. The quantitative estimate of drug-likeness (QED) is 0.580. The van der Waals surface area contributed by atoms with Crippen LogP contribution in [0.1, 0.15) is 24.8 Å². The number of piperidine rings is 1. The van der Waals surface area contributed by atoms with Crippen LogP contribution in [0.25, 0.3) is 0 Å². The van der Waals surface area contributed by atoms with Gasteiger partial charge in [-0.15, -0.1) is 0 Å². The number of hydrogen-bond donors (Lipinski definition) is 2. The Morgan fingerprint density at radius 1 is 0.970 bits per heavy atom. The van der Waals surface area contributed by atoms with Crippen LogP contribution in [-0.4, -0.2) is 63.8 Å². The fourth-order valence-electron chi connectivity index (χ4n) is 4.25. The lowest BCUT2D eigenvalue weighted by Crippen LogP contribution is -2.40. The van der Waals surface area contributed by atoms with E-state index >= 15 is 0 Å². The summed E-state index contributed by atoms with van der Waals surface area (Å²) in [5, 5.41) is 7.03. The molecule has 9 heteroatoms. The highest BCUT2D eigenvalue weighted by atomic mass is 32.2. The van der Waals surface area contributed by atoms with Gasteiger partial charge in [0.1, 0.15) is 0 Å². The molecule has 0 saturated carbocycles. The maximum absolute atomic E-state index is 13.2. The van der Waals surface area contributed by atoms with E-state index in [-0.39, 0.29) is 4.90 Å². The number of benzene rings is 2. The zero-order valence-electron chi connectivity index (χ0n) is 18.8. The van der Waals surface area contributed by atoms with Crippen molar-refractivity contribution in [2.75, 3.05) is 56.2 Å². The molecular formula is C24H32N4O3S2. The fourth-order valence-corrected chi connectivity index (χ4v) is 5.90. The van der Waals surface area contributed by atoms with Crippen LogP contribution >= 0.6 is 12.2 Å². The molecule has 2 aliphatic rings. The Bertz CT molecular complexity index is 1030. The van der Waals surface area contributed by atoms with Gasteiger partial charge in [-0.3, -0.25) is 0 Å². The van der Waals surface area contributed by atoms with Gasteiger partial charge in [0.15, 0.2) is 5.11 Å². The molecule has 0 aliphatic carbocycles. The van der Waals surface area contributed by atoms with Crippen molar-refractivity contribution in [2.45, 2.75) is 30.6 Å². The highest BCUT2D eigenvalue weighted by Crippen LogP contribution is 2.32. The third kappa shape index (κ3) is 6.23. The Morgan fingerprint density at radius 2 is 1.70 bits per heavy atom. The summed E-state index contributed by atoms with van der Waals surface area (Å²) in [5.41, 5.74) is 2.95. The molecule has 0 radical (unpaired) electrons. The minimum absolute atomic E-state index is 0.278. The Balaban J connectivity index is 1.51. The van der Waals surface area contributed by atoms with E-state index in [2.05, 4.69) is 27.7 Å². The first-order valence-electron chi connectivity index (χ1n) is 11.6. The molecule has 2 aliphatic heterocycles. The molecule has 0 spiro atoms. The molecule has 2 aromatic rings. The first-order valence-corrected chi connectivity index (χ1v) is 13.4. The van der Waals surface area contributed by atoms with E-state index in [0.29, 0.717) is 38.0 Å². The minimum atomic E-state index is -3.59. The van der Waals surface area contributed by atoms with Crippen LogP contribution < -0.4 is 15.5 Å². The van der Waals surface area contributed by atoms with Crippen molar-refractivity contribution < 1.29 is 13.2 Å². The molecule has 0 aromatic heterocycles. The summed E-state index contributed by atoms with van der Waals surface area (Å²) in [6, 6.07) is 15.6. The first kappa shape index (κ1) is 23.9. The molecule has 7 nitrogen and oxygen atoms in total. The van der Waals surface area contributed by atoms with Crippen molar-refractivity contribution >= 4 is 38.7 Å². The highest BCUT2D eigenvalue weighted by Gasteiger charge is 2.27. The second-order valence-electron chi connectivity index (χ2n) is 8.36. The number of hydrogen-bond acceptors (Lipinski definition) is 5. The normalized spacial score (nSPS) is 17.5. The van der Waals surface area contributed by atoms with E-state index < -0.39 is 10.0 Å². The smallest absolute Gasteiger partial charge is 0.243 e. The molecule has 0 atom stereocenters. The van der Waals surface area contributed by atoms with Gasteiger partial charge in [0, 0.05) is 32.7 Å². The molecule has 178 valence electrons. The molecular weight excluding hydrogens is 456 g/mol. The number of sulfonamides is 1. The summed E-state index contributed by atoms with van der Waals surface area (Å²) < 4.78 is 33.3. The van der Waals surface area contributed by atoms with Crippen LogP contribution in [0.2, 0.25) is 0 Å². The topological polar surface area (TPSA) is 73.9 Å². The first-order chi connectivity index (χ1) is 16.0. The molecule has 2 saturated heterocycles. The zero-order valence-corrected chi connectivity index (χ0v) is 20.5. The van der Waals surface area contributed by atoms with Crippen LogP contribution in [0.4, 0.5) is 11.4 Å². The van der Waals surface area contributed by atoms with Gasteiger partial charge >= 0.3 is 0 Å². The van der Waals surface area contributed by atoms with Gasteiger partial charge in [0.05, 0.1) is 29.5 Å². The van der Waals surface area contributed by atoms with E-state index in [1.165, 1.54) is 16.3 Å².